The number of amides is 1. The Labute approximate surface area is 169 Å². The van der Waals surface area contributed by atoms with Crippen LogP contribution in [0.3, 0.4) is 0 Å². The molecule has 0 bridgehead atoms. The lowest BCUT2D eigenvalue weighted by Gasteiger charge is -2.32. The fourth-order valence-corrected chi connectivity index (χ4v) is 3.39. The van der Waals surface area contributed by atoms with Crippen LogP contribution in [0.4, 0.5) is 0 Å². The van der Waals surface area contributed by atoms with E-state index in [0.717, 1.165) is 12.8 Å². The fourth-order valence-electron chi connectivity index (χ4n) is 3.39. The smallest absolute Gasteiger partial charge is 0.338 e. The first-order valence-corrected chi connectivity index (χ1v) is 9.73. The number of Topliss-reactive ketones (excluding diaryl/α,β-unsaturated/α-hetero) is 1. The van der Waals surface area contributed by atoms with Gasteiger partial charge in [-0.3, -0.25) is 14.3 Å². The molecule has 1 fully saturated rings. The van der Waals surface area contributed by atoms with Crippen LogP contribution >= 0.6 is 0 Å². The molecule has 8 heteroatoms. The lowest BCUT2D eigenvalue weighted by molar-refractivity contribution is -0.132. The summed E-state index contributed by atoms with van der Waals surface area (Å²) in [7, 11) is 0. The summed E-state index contributed by atoms with van der Waals surface area (Å²) >= 11 is 0. The number of rotatable bonds is 8. The van der Waals surface area contributed by atoms with Gasteiger partial charge in [-0.2, -0.15) is 5.10 Å². The Morgan fingerprint density at radius 2 is 1.83 bits per heavy atom. The molecule has 1 aliphatic rings. The zero-order chi connectivity index (χ0) is 20.8. The number of benzene rings is 1. The first kappa shape index (κ1) is 20.6. The topological polar surface area (TPSA) is 102 Å². The quantitative estimate of drug-likeness (QED) is 0.541. The largest absolute Gasteiger partial charge is 0.494 e. The van der Waals surface area contributed by atoms with E-state index < -0.39 is 5.97 Å². The summed E-state index contributed by atoms with van der Waals surface area (Å²) in [5.74, 6) is -0.185. The van der Waals surface area contributed by atoms with Crippen molar-refractivity contribution < 1.29 is 24.2 Å². The van der Waals surface area contributed by atoms with E-state index >= 15 is 0 Å². The second-order valence-electron chi connectivity index (χ2n) is 7.16. The SMILES string of the molecule is CC(=O)c1ccc(OCCCC(=O)N2CCC(n3cc(C(=O)O)cn3)CC2)cc1. The molecule has 1 aliphatic heterocycles. The van der Waals surface area contributed by atoms with Crippen LogP contribution in [-0.4, -0.2) is 57.1 Å². The monoisotopic (exact) mass is 399 g/mol. The van der Waals surface area contributed by atoms with Crippen molar-refractivity contribution in [3.63, 3.8) is 0 Å². The highest BCUT2D eigenvalue weighted by Crippen LogP contribution is 2.23. The van der Waals surface area contributed by atoms with Gasteiger partial charge >= 0.3 is 5.97 Å². The Hall–Kier alpha value is -3.16. The van der Waals surface area contributed by atoms with Crippen LogP contribution in [0, 0.1) is 0 Å². The zero-order valence-corrected chi connectivity index (χ0v) is 16.4. The number of carbonyl (C=O) groups is 3. The number of hydrogen-bond acceptors (Lipinski definition) is 5. The van der Waals surface area contributed by atoms with E-state index in [0.29, 0.717) is 43.9 Å². The Morgan fingerprint density at radius 3 is 2.41 bits per heavy atom. The molecule has 0 unspecified atom stereocenters. The third-order valence-corrected chi connectivity index (χ3v) is 5.10. The van der Waals surface area contributed by atoms with Crippen LogP contribution in [0.5, 0.6) is 5.75 Å². The maximum absolute atomic E-state index is 12.4. The van der Waals surface area contributed by atoms with Gasteiger partial charge in [-0.1, -0.05) is 0 Å². The zero-order valence-electron chi connectivity index (χ0n) is 16.4. The lowest BCUT2D eigenvalue weighted by atomic mass is 10.0. The highest BCUT2D eigenvalue weighted by molar-refractivity contribution is 5.94. The molecule has 2 heterocycles. The van der Waals surface area contributed by atoms with Crippen molar-refractivity contribution in [2.24, 2.45) is 0 Å². The number of aromatic nitrogens is 2. The summed E-state index contributed by atoms with van der Waals surface area (Å²) in [6.07, 6.45) is 5.45. The number of carbonyl (C=O) groups excluding carboxylic acids is 2. The Balaban J connectivity index is 1.37. The molecular formula is C21H25N3O5. The molecule has 1 aromatic carbocycles. The molecule has 1 N–H and O–H groups in total. The van der Waals surface area contributed by atoms with Crippen LogP contribution in [0.25, 0.3) is 0 Å². The number of ketones is 1. The van der Waals surface area contributed by atoms with Crippen molar-refractivity contribution >= 4 is 17.7 Å². The fraction of sp³-hybridized carbons (Fsp3) is 0.429. The minimum Gasteiger partial charge on any atom is -0.494 e. The summed E-state index contributed by atoms with van der Waals surface area (Å²) in [5, 5.41) is 13.1. The highest BCUT2D eigenvalue weighted by Gasteiger charge is 2.24. The molecule has 0 spiro atoms. The van der Waals surface area contributed by atoms with Crippen molar-refractivity contribution in [2.45, 2.75) is 38.6 Å². The number of piperidine rings is 1. The van der Waals surface area contributed by atoms with Crippen LogP contribution < -0.4 is 4.74 Å². The second-order valence-corrected chi connectivity index (χ2v) is 7.16. The number of hydrogen-bond donors (Lipinski definition) is 1. The van der Waals surface area contributed by atoms with Gasteiger partial charge in [0.05, 0.1) is 24.4 Å². The third-order valence-electron chi connectivity index (χ3n) is 5.10. The number of carboxylic acids is 1. The van der Waals surface area contributed by atoms with Gasteiger partial charge in [0.25, 0.3) is 0 Å². The molecule has 0 aliphatic carbocycles. The molecule has 1 saturated heterocycles. The molecule has 2 aromatic rings. The van der Waals surface area contributed by atoms with Crippen molar-refractivity contribution in [1.82, 2.24) is 14.7 Å². The van der Waals surface area contributed by atoms with Crippen LogP contribution in [-0.2, 0) is 4.79 Å². The normalized spacial score (nSPS) is 14.6. The number of likely N-dealkylation sites (tertiary alicyclic amines) is 1. The summed E-state index contributed by atoms with van der Waals surface area (Å²) in [6, 6.07) is 7.09. The lowest BCUT2D eigenvalue weighted by Crippen LogP contribution is -2.39. The summed E-state index contributed by atoms with van der Waals surface area (Å²) < 4.78 is 7.32. The van der Waals surface area contributed by atoms with E-state index in [9.17, 15) is 14.4 Å². The molecule has 3 rings (SSSR count). The highest BCUT2D eigenvalue weighted by atomic mass is 16.5. The molecule has 154 valence electrons. The van der Waals surface area contributed by atoms with Gasteiger partial charge in [-0.05, 0) is 50.5 Å². The van der Waals surface area contributed by atoms with Crippen molar-refractivity contribution in [2.75, 3.05) is 19.7 Å². The second kappa shape index (κ2) is 9.36. The van der Waals surface area contributed by atoms with Gasteiger partial charge in [0.1, 0.15) is 5.75 Å². The summed E-state index contributed by atoms with van der Waals surface area (Å²) in [6.45, 7) is 3.23. The standard InChI is InChI=1S/C21H25N3O5/c1-15(25)16-4-6-19(7-5-16)29-12-2-3-20(26)23-10-8-18(9-11-23)24-14-17(13-22-24)21(27)28/h4-7,13-14,18H,2-3,8-12H2,1H3,(H,27,28). The van der Waals surface area contributed by atoms with E-state index in [4.69, 9.17) is 9.84 Å². The Bertz CT molecular complexity index is 867. The maximum Gasteiger partial charge on any atom is 0.338 e. The number of aromatic carboxylic acids is 1. The van der Waals surface area contributed by atoms with Gasteiger partial charge in [0.2, 0.25) is 5.91 Å². The predicted octanol–water partition coefficient (Wildman–Crippen LogP) is 2.81. The molecule has 29 heavy (non-hydrogen) atoms. The third kappa shape index (κ3) is 5.43. The van der Waals surface area contributed by atoms with E-state index in [1.807, 2.05) is 4.90 Å². The summed E-state index contributed by atoms with van der Waals surface area (Å²) in [5.41, 5.74) is 0.824. The molecule has 8 nitrogen and oxygen atoms in total. The van der Waals surface area contributed by atoms with Gasteiger partial charge in [0, 0.05) is 31.3 Å². The van der Waals surface area contributed by atoms with Crippen LogP contribution in [0.2, 0.25) is 0 Å². The molecule has 0 saturated carbocycles. The molecule has 1 aromatic heterocycles. The van der Waals surface area contributed by atoms with Gasteiger partial charge in [0.15, 0.2) is 5.78 Å². The summed E-state index contributed by atoms with van der Waals surface area (Å²) in [4.78, 5) is 36.5. The Kier molecular flexibility index (Phi) is 6.64. The van der Waals surface area contributed by atoms with Crippen molar-refractivity contribution in [3.8, 4) is 5.75 Å². The van der Waals surface area contributed by atoms with Gasteiger partial charge in [-0.15, -0.1) is 0 Å². The average Bonchev–Trinajstić information content (AvgIpc) is 3.22. The van der Waals surface area contributed by atoms with Crippen molar-refractivity contribution in [1.29, 1.82) is 0 Å². The molecular weight excluding hydrogens is 374 g/mol. The van der Waals surface area contributed by atoms with Gasteiger partial charge in [-0.25, -0.2) is 4.79 Å². The molecule has 1 amide bonds. The maximum atomic E-state index is 12.4. The minimum absolute atomic E-state index is 0.0146. The minimum atomic E-state index is -0.985. The van der Waals surface area contributed by atoms with E-state index in [-0.39, 0.29) is 23.3 Å². The van der Waals surface area contributed by atoms with Crippen molar-refractivity contribution in [3.05, 3.63) is 47.8 Å². The number of carboxylic acid groups (broad SMARTS) is 1. The Morgan fingerprint density at radius 1 is 1.14 bits per heavy atom. The molecule has 0 atom stereocenters. The van der Waals surface area contributed by atoms with Gasteiger partial charge < -0.3 is 14.7 Å². The van der Waals surface area contributed by atoms with E-state index in [1.165, 1.54) is 13.1 Å². The first-order valence-electron chi connectivity index (χ1n) is 9.73. The first-order chi connectivity index (χ1) is 13.9. The van der Waals surface area contributed by atoms with Crippen LogP contribution in [0.15, 0.2) is 36.7 Å². The number of nitrogens with zero attached hydrogens (tertiary/aromatic N) is 3. The van der Waals surface area contributed by atoms with E-state index in [1.54, 1.807) is 35.1 Å². The number of ether oxygens (including phenoxy) is 1. The van der Waals surface area contributed by atoms with Crippen LogP contribution in [0.1, 0.15) is 59.4 Å². The average molecular weight is 399 g/mol. The predicted molar refractivity (Wildman–Crippen MR) is 105 cm³/mol. The van der Waals surface area contributed by atoms with E-state index in [2.05, 4.69) is 5.10 Å². The molecule has 0 radical (unpaired) electrons.